The molecule has 1 aromatic heterocycles. The fourth-order valence-corrected chi connectivity index (χ4v) is 4.03. The molecule has 1 aliphatic heterocycles. The van der Waals surface area contributed by atoms with Crippen molar-refractivity contribution in [2.75, 3.05) is 33.4 Å². The summed E-state index contributed by atoms with van der Waals surface area (Å²) in [4.78, 5) is 14.5. The molecule has 0 radical (unpaired) electrons. The molecule has 2 fully saturated rings. The summed E-state index contributed by atoms with van der Waals surface area (Å²) in [6, 6.07) is 0.170. The first-order valence-electron chi connectivity index (χ1n) is 9.69. The smallest absolute Gasteiger partial charge is 0.234 e. The number of nitrogens with zero attached hydrogens (tertiary/aromatic N) is 4. The number of ether oxygens (including phenoxy) is 2. The number of hydrogen-bond acceptors (Lipinski definition) is 7. The molecule has 1 saturated heterocycles. The van der Waals surface area contributed by atoms with Gasteiger partial charge < -0.3 is 24.5 Å². The first-order chi connectivity index (χ1) is 13.0. The van der Waals surface area contributed by atoms with Gasteiger partial charge in [0, 0.05) is 38.7 Å². The minimum absolute atomic E-state index is 0.0663. The molecule has 0 spiro atoms. The van der Waals surface area contributed by atoms with Gasteiger partial charge in [0.2, 0.25) is 5.91 Å². The summed E-state index contributed by atoms with van der Waals surface area (Å²) in [6.07, 6.45) is 2.01. The predicted octanol–water partition coefficient (Wildman–Crippen LogP) is -0.112. The topological polar surface area (TPSA) is 102 Å². The van der Waals surface area contributed by atoms with Gasteiger partial charge in [0.05, 0.1) is 25.4 Å². The molecule has 9 nitrogen and oxygen atoms in total. The zero-order chi connectivity index (χ0) is 19.4. The van der Waals surface area contributed by atoms with Crippen LogP contribution < -0.4 is 5.32 Å². The van der Waals surface area contributed by atoms with Crippen molar-refractivity contribution >= 4 is 5.91 Å². The van der Waals surface area contributed by atoms with E-state index in [1.807, 2.05) is 18.4 Å². The van der Waals surface area contributed by atoms with Crippen molar-refractivity contribution < 1.29 is 19.4 Å². The summed E-state index contributed by atoms with van der Waals surface area (Å²) < 4.78 is 12.8. The molecular formula is C18H31N5O4. The third kappa shape index (κ3) is 5.04. The third-order valence-corrected chi connectivity index (χ3v) is 5.25. The van der Waals surface area contributed by atoms with Crippen LogP contribution in [0.5, 0.6) is 0 Å². The molecule has 152 valence electrons. The largest absolute Gasteiger partial charge is 0.388 e. The van der Waals surface area contributed by atoms with Crippen LogP contribution >= 0.6 is 0 Å². The summed E-state index contributed by atoms with van der Waals surface area (Å²) in [5, 5.41) is 20.9. The van der Waals surface area contributed by atoms with E-state index in [1.165, 1.54) is 0 Å². The first kappa shape index (κ1) is 20.2. The first-order valence-corrected chi connectivity index (χ1v) is 9.69. The molecule has 1 aliphatic carbocycles. The number of aliphatic hydroxyl groups is 1. The van der Waals surface area contributed by atoms with Crippen LogP contribution in [0.4, 0.5) is 0 Å². The molecule has 2 atom stereocenters. The number of aliphatic hydroxyl groups excluding tert-OH is 1. The number of carbonyl (C=O) groups excluding carboxylic acids is 1. The number of rotatable bonds is 8. The highest BCUT2D eigenvalue weighted by Crippen LogP contribution is 2.36. The van der Waals surface area contributed by atoms with Crippen molar-refractivity contribution in [3.8, 4) is 0 Å². The maximum absolute atomic E-state index is 12.4. The van der Waals surface area contributed by atoms with Crippen LogP contribution in [0.25, 0.3) is 0 Å². The van der Waals surface area contributed by atoms with E-state index >= 15 is 0 Å². The minimum Gasteiger partial charge on any atom is -0.388 e. The van der Waals surface area contributed by atoms with Gasteiger partial charge in [0.1, 0.15) is 12.4 Å². The zero-order valence-electron chi connectivity index (χ0n) is 16.4. The van der Waals surface area contributed by atoms with Crippen LogP contribution in [-0.2, 0) is 27.4 Å². The summed E-state index contributed by atoms with van der Waals surface area (Å²) in [6.45, 7) is 7.10. The van der Waals surface area contributed by atoms with Gasteiger partial charge in [-0.25, -0.2) is 0 Å². The van der Waals surface area contributed by atoms with Crippen LogP contribution in [0.15, 0.2) is 0 Å². The molecule has 1 saturated carbocycles. The molecule has 0 unspecified atom stereocenters. The fourth-order valence-electron chi connectivity index (χ4n) is 4.03. The second-order valence-corrected chi connectivity index (χ2v) is 7.66. The van der Waals surface area contributed by atoms with Crippen molar-refractivity contribution in [2.45, 2.75) is 64.0 Å². The average Bonchev–Trinajstić information content (AvgIpc) is 2.97. The van der Waals surface area contributed by atoms with Gasteiger partial charge in [-0.1, -0.05) is 0 Å². The summed E-state index contributed by atoms with van der Waals surface area (Å²) >= 11 is 0. The maximum Gasteiger partial charge on any atom is 0.234 e. The highest BCUT2D eigenvalue weighted by molar-refractivity contribution is 5.78. The van der Waals surface area contributed by atoms with Gasteiger partial charge in [-0.3, -0.25) is 9.69 Å². The number of amides is 1. The Morgan fingerprint density at radius 3 is 2.63 bits per heavy atom. The Balaban J connectivity index is 1.47. The van der Waals surface area contributed by atoms with E-state index in [9.17, 15) is 9.90 Å². The molecule has 2 aliphatic rings. The normalized spacial score (nSPS) is 28.7. The molecule has 0 aromatic carbocycles. The number of methoxy groups -OCH3 is 1. The monoisotopic (exact) mass is 381 g/mol. The standard InChI is InChI=1S/C18H31N5O4/c1-12-8-22(9-13(2)27-12)10-17(25)19-15-6-14(7-15)18-21-20-16(11-24)23(18)4-5-26-3/h12-15,24H,4-11H2,1-3H3,(H,19,25)/t12-,13+,14?,15?. The minimum atomic E-state index is -0.139. The highest BCUT2D eigenvalue weighted by Gasteiger charge is 2.35. The van der Waals surface area contributed by atoms with E-state index in [2.05, 4.69) is 20.4 Å². The lowest BCUT2D eigenvalue weighted by Crippen LogP contribution is -2.52. The fraction of sp³-hybridized carbons (Fsp3) is 0.833. The van der Waals surface area contributed by atoms with E-state index < -0.39 is 0 Å². The lowest BCUT2D eigenvalue weighted by atomic mass is 9.79. The third-order valence-electron chi connectivity index (χ3n) is 5.25. The van der Waals surface area contributed by atoms with Crippen LogP contribution in [0.2, 0.25) is 0 Å². The quantitative estimate of drug-likeness (QED) is 0.648. The Morgan fingerprint density at radius 2 is 2.00 bits per heavy atom. The number of morpholine rings is 1. The van der Waals surface area contributed by atoms with Crippen molar-refractivity contribution in [3.05, 3.63) is 11.6 Å². The Kier molecular flexibility index (Phi) is 6.80. The molecular weight excluding hydrogens is 350 g/mol. The molecule has 3 rings (SSSR count). The van der Waals surface area contributed by atoms with E-state index in [0.717, 1.165) is 31.8 Å². The van der Waals surface area contributed by atoms with Crippen LogP contribution in [-0.4, -0.2) is 82.3 Å². The Hall–Kier alpha value is -1.55. The number of aromatic nitrogens is 3. The lowest BCUT2D eigenvalue weighted by molar-refractivity contribution is -0.127. The highest BCUT2D eigenvalue weighted by atomic mass is 16.5. The van der Waals surface area contributed by atoms with Gasteiger partial charge in [0.25, 0.3) is 0 Å². The van der Waals surface area contributed by atoms with Crippen LogP contribution in [0, 0.1) is 0 Å². The molecule has 1 amide bonds. The van der Waals surface area contributed by atoms with Gasteiger partial charge in [0.15, 0.2) is 5.82 Å². The second kappa shape index (κ2) is 9.09. The van der Waals surface area contributed by atoms with Crippen molar-refractivity contribution in [3.63, 3.8) is 0 Å². The number of nitrogens with one attached hydrogen (secondary N) is 1. The number of carbonyl (C=O) groups is 1. The molecule has 1 aromatic rings. The van der Waals surface area contributed by atoms with Crippen LogP contribution in [0.1, 0.15) is 44.3 Å². The van der Waals surface area contributed by atoms with Crippen molar-refractivity contribution in [1.29, 1.82) is 0 Å². The SMILES string of the molecule is COCCn1c(CO)nnc1C1CC(NC(=O)CN2C[C@@H](C)O[C@@H](C)C2)C1. The van der Waals surface area contributed by atoms with Gasteiger partial charge in [-0.05, 0) is 26.7 Å². The number of hydrogen-bond donors (Lipinski definition) is 2. The van der Waals surface area contributed by atoms with Crippen LogP contribution in [0.3, 0.4) is 0 Å². The molecule has 2 heterocycles. The van der Waals surface area contributed by atoms with Gasteiger partial charge >= 0.3 is 0 Å². The van der Waals surface area contributed by atoms with Gasteiger partial charge in [-0.2, -0.15) is 0 Å². The summed E-state index contributed by atoms with van der Waals surface area (Å²) in [5.74, 6) is 1.75. The Labute approximate surface area is 160 Å². The van der Waals surface area contributed by atoms with Crippen molar-refractivity contribution in [2.24, 2.45) is 0 Å². The van der Waals surface area contributed by atoms with E-state index in [0.29, 0.717) is 25.5 Å². The summed E-state index contributed by atoms with van der Waals surface area (Å²) in [7, 11) is 1.65. The predicted molar refractivity (Wildman–Crippen MR) is 98.2 cm³/mol. The van der Waals surface area contributed by atoms with Crippen molar-refractivity contribution in [1.82, 2.24) is 25.0 Å². The van der Waals surface area contributed by atoms with Gasteiger partial charge in [-0.15, -0.1) is 10.2 Å². The molecule has 27 heavy (non-hydrogen) atoms. The summed E-state index contributed by atoms with van der Waals surface area (Å²) in [5.41, 5.74) is 0. The average molecular weight is 381 g/mol. The Bertz CT molecular complexity index is 621. The molecule has 9 heteroatoms. The zero-order valence-corrected chi connectivity index (χ0v) is 16.4. The van der Waals surface area contributed by atoms with E-state index in [1.54, 1.807) is 7.11 Å². The second-order valence-electron chi connectivity index (χ2n) is 7.66. The Morgan fingerprint density at radius 1 is 1.30 bits per heavy atom. The lowest BCUT2D eigenvalue weighted by Gasteiger charge is -2.37. The van der Waals surface area contributed by atoms with E-state index in [4.69, 9.17) is 9.47 Å². The molecule has 0 bridgehead atoms. The molecule has 2 N–H and O–H groups in total. The van der Waals surface area contributed by atoms with E-state index in [-0.39, 0.29) is 36.7 Å². The maximum atomic E-state index is 12.4.